The predicted octanol–water partition coefficient (Wildman–Crippen LogP) is 5.57. The van der Waals surface area contributed by atoms with Crippen molar-refractivity contribution in [1.82, 2.24) is 10.2 Å². The predicted molar refractivity (Wildman–Crippen MR) is 161 cm³/mol. The number of benzene rings is 2. The first-order chi connectivity index (χ1) is 19.3. The molecule has 2 unspecified atom stereocenters. The van der Waals surface area contributed by atoms with Crippen LogP contribution in [0.3, 0.4) is 0 Å². The third kappa shape index (κ3) is 10.0. The largest absolute Gasteiger partial charge is 0.461 e. The molecule has 0 saturated carbocycles. The van der Waals surface area contributed by atoms with Gasteiger partial charge in [0.1, 0.15) is 6.10 Å². The number of unbranched alkanes of at least 4 members (excludes halogenated alkanes) is 4. The number of cyclic esters (lactones) is 1. The standard InChI is InChI=1S/C34H50N2O4/c1-5-6-7-8-15-20-32-28(21-26-16-11-9-12-17-26)34(39)35-29(25(2)3)24-36(4)30(31(37)23-33(38)40-32)22-27-18-13-10-14-19-27/h9-14,16-19,25,28-32,37H,5-8,15,20-24H2,1-4H3,(H,35,39)/t28-,29?,30-,31+,32?/m0/s1. The van der Waals surface area contributed by atoms with Crippen molar-refractivity contribution in [3.05, 3.63) is 71.8 Å². The maximum atomic E-state index is 14.0. The van der Waals surface area contributed by atoms with Crippen LogP contribution in [0.1, 0.15) is 76.8 Å². The molecule has 2 aromatic rings. The van der Waals surface area contributed by atoms with Crippen molar-refractivity contribution in [2.45, 2.75) is 103 Å². The van der Waals surface area contributed by atoms with Crippen LogP contribution in [0.2, 0.25) is 0 Å². The molecule has 1 heterocycles. The average Bonchev–Trinajstić information content (AvgIpc) is 2.94. The van der Waals surface area contributed by atoms with Gasteiger partial charge in [0.2, 0.25) is 5.91 Å². The van der Waals surface area contributed by atoms with E-state index in [9.17, 15) is 14.7 Å². The highest BCUT2D eigenvalue weighted by molar-refractivity contribution is 5.80. The second-order valence-electron chi connectivity index (χ2n) is 11.9. The van der Waals surface area contributed by atoms with Gasteiger partial charge in [-0.15, -0.1) is 0 Å². The highest BCUT2D eigenvalue weighted by atomic mass is 16.5. The fraction of sp³-hybridized carbons (Fsp3) is 0.588. The zero-order valence-corrected chi connectivity index (χ0v) is 24.9. The van der Waals surface area contributed by atoms with E-state index in [1.807, 2.05) is 67.7 Å². The molecule has 0 aliphatic carbocycles. The minimum atomic E-state index is -0.890. The summed E-state index contributed by atoms with van der Waals surface area (Å²) in [6.45, 7) is 7.00. The molecule has 1 amide bonds. The second kappa shape index (κ2) is 16.5. The van der Waals surface area contributed by atoms with Crippen LogP contribution in [0, 0.1) is 11.8 Å². The summed E-state index contributed by atoms with van der Waals surface area (Å²) in [5, 5.41) is 14.7. The lowest BCUT2D eigenvalue weighted by Gasteiger charge is -2.38. The molecular weight excluding hydrogens is 500 g/mol. The number of carbonyl (C=O) groups is 2. The van der Waals surface area contributed by atoms with Gasteiger partial charge in [-0.05, 0) is 49.8 Å². The molecule has 6 heteroatoms. The quantitative estimate of drug-likeness (QED) is 0.283. The third-order valence-corrected chi connectivity index (χ3v) is 8.25. The molecule has 6 nitrogen and oxygen atoms in total. The minimum absolute atomic E-state index is 0.0666. The molecule has 1 saturated heterocycles. The van der Waals surface area contributed by atoms with Crippen molar-refractivity contribution in [3.8, 4) is 0 Å². The molecule has 3 rings (SSSR count). The van der Waals surface area contributed by atoms with E-state index in [0.29, 0.717) is 25.8 Å². The highest BCUT2D eigenvalue weighted by Gasteiger charge is 2.36. The molecule has 1 fully saturated rings. The summed E-state index contributed by atoms with van der Waals surface area (Å²) >= 11 is 0. The Kier molecular flexibility index (Phi) is 13.2. The van der Waals surface area contributed by atoms with Crippen LogP contribution < -0.4 is 5.32 Å². The minimum Gasteiger partial charge on any atom is -0.461 e. The molecule has 40 heavy (non-hydrogen) atoms. The zero-order valence-electron chi connectivity index (χ0n) is 24.9. The SMILES string of the molecule is CCCCCCCC1OC(=O)C[C@@H](O)[C@H](Cc2ccccc2)N(C)CC(C(C)C)NC(=O)[C@H]1Cc1ccccc1. The van der Waals surface area contributed by atoms with E-state index < -0.39 is 24.1 Å². The maximum Gasteiger partial charge on any atom is 0.308 e. The number of aliphatic hydroxyl groups excluding tert-OH is 1. The average molecular weight is 551 g/mol. The second-order valence-corrected chi connectivity index (χ2v) is 11.9. The van der Waals surface area contributed by atoms with E-state index in [1.54, 1.807) is 0 Å². The number of ether oxygens (including phenoxy) is 1. The molecule has 0 radical (unpaired) electrons. The van der Waals surface area contributed by atoms with Crippen molar-refractivity contribution in [3.63, 3.8) is 0 Å². The molecule has 2 N–H and O–H groups in total. The number of carbonyl (C=O) groups excluding carboxylic acids is 2. The fourth-order valence-corrected chi connectivity index (χ4v) is 5.68. The van der Waals surface area contributed by atoms with Crippen molar-refractivity contribution >= 4 is 11.9 Å². The molecule has 2 aromatic carbocycles. The summed E-state index contributed by atoms with van der Waals surface area (Å²) in [5.74, 6) is -0.815. The van der Waals surface area contributed by atoms with Gasteiger partial charge in [0, 0.05) is 18.6 Å². The molecular formula is C34H50N2O4. The first-order valence-electron chi connectivity index (χ1n) is 15.2. The van der Waals surface area contributed by atoms with Crippen LogP contribution in [-0.2, 0) is 27.2 Å². The Bertz CT molecular complexity index is 1010. The van der Waals surface area contributed by atoms with E-state index in [4.69, 9.17) is 4.74 Å². The Labute approximate surface area is 241 Å². The molecule has 0 bridgehead atoms. The smallest absolute Gasteiger partial charge is 0.308 e. The van der Waals surface area contributed by atoms with E-state index in [0.717, 1.165) is 36.8 Å². The van der Waals surface area contributed by atoms with E-state index in [2.05, 4.69) is 31.0 Å². The van der Waals surface area contributed by atoms with Gasteiger partial charge in [-0.2, -0.15) is 0 Å². The van der Waals surface area contributed by atoms with Gasteiger partial charge < -0.3 is 15.2 Å². The summed E-state index contributed by atoms with van der Waals surface area (Å²) in [5.41, 5.74) is 2.14. The van der Waals surface area contributed by atoms with Crippen LogP contribution in [0.4, 0.5) is 0 Å². The van der Waals surface area contributed by atoms with Gasteiger partial charge in [0.15, 0.2) is 0 Å². The Morgan fingerprint density at radius 1 is 0.925 bits per heavy atom. The molecule has 1 aliphatic heterocycles. The summed E-state index contributed by atoms with van der Waals surface area (Å²) in [7, 11) is 1.97. The number of hydrogen-bond donors (Lipinski definition) is 2. The van der Waals surface area contributed by atoms with Crippen molar-refractivity contribution in [2.24, 2.45) is 11.8 Å². The van der Waals surface area contributed by atoms with Crippen molar-refractivity contribution in [2.75, 3.05) is 13.6 Å². The molecule has 1 aliphatic rings. The van der Waals surface area contributed by atoms with Crippen LogP contribution in [0.15, 0.2) is 60.7 Å². The molecule has 220 valence electrons. The summed E-state index contributed by atoms with van der Waals surface area (Å²) in [6.07, 6.45) is 5.61. The summed E-state index contributed by atoms with van der Waals surface area (Å²) in [6, 6.07) is 19.6. The van der Waals surface area contributed by atoms with Gasteiger partial charge in [-0.25, -0.2) is 0 Å². The van der Waals surface area contributed by atoms with E-state index in [1.165, 1.54) is 6.42 Å². The van der Waals surface area contributed by atoms with Crippen LogP contribution in [0.25, 0.3) is 0 Å². The normalized spacial score (nSPS) is 25.1. The number of nitrogens with one attached hydrogen (secondary N) is 1. The Morgan fingerprint density at radius 3 is 2.12 bits per heavy atom. The Morgan fingerprint density at radius 2 is 1.52 bits per heavy atom. The van der Waals surface area contributed by atoms with E-state index in [-0.39, 0.29) is 30.3 Å². The third-order valence-electron chi connectivity index (χ3n) is 8.25. The lowest BCUT2D eigenvalue weighted by Crippen LogP contribution is -2.55. The number of hydrogen-bond acceptors (Lipinski definition) is 5. The van der Waals surface area contributed by atoms with Gasteiger partial charge in [0.05, 0.1) is 18.4 Å². The maximum absolute atomic E-state index is 14.0. The van der Waals surface area contributed by atoms with Gasteiger partial charge in [0.25, 0.3) is 0 Å². The monoisotopic (exact) mass is 550 g/mol. The van der Waals surface area contributed by atoms with Crippen LogP contribution in [0.5, 0.6) is 0 Å². The number of amides is 1. The Balaban J connectivity index is 1.90. The lowest BCUT2D eigenvalue weighted by atomic mass is 9.88. The number of nitrogens with zero attached hydrogens (tertiary/aromatic N) is 1. The van der Waals surface area contributed by atoms with Crippen LogP contribution in [-0.4, -0.2) is 59.8 Å². The zero-order chi connectivity index (χ0) is 28.9. The molecule has 0 aromatic heterocycles. The molecule has 0 spiro atoms. The summed E-state index contributed by atoms with van der Waals surface area (Å²) < 4.78 is 6.11. The van der Waals surface area contributed by atoms with Crippen molar-refractivity contribution < 1.29 is 19.4 Å². The fourth-order valence-electron chi connectivity index (χ4n) is 5.68. The topological polar surface area (TPSA) is 78.9 Å². The van der Waals surface area contributed by atoms with Gasteiger partial charge >= 0.3 is 5.97 Å². The van der Waals surface area contributed by atoms with Gasteiger partial charge in [-0.3, -0.25) is 14.5 Å². The highest BCUT2D eigenvalue weighted by Crippen LogP contribution is 2.25. The lowest BCUT2D eigenvalue weighted by molar-refractivity contribution is -0.158. The van der Waals surface area contributed by atoms with Gasteiger partial charge in [-0.1, -0.05) is 107 Å². The summed E-state index contributed by atoms with van der Waals surface area (Å²) in [4.78, 5) is 29.4. The first-order valence-corrected chi connectivity index (χ1v) is 15.2. The number of rotatable bonds is 11. The van der Waals surface area contributed by atoms with Crippen LogP contribution >= 0.6 is 0 Å². The molecule has 5 atom stereocenters. The number of aliphatic hydroxyl groups is 1. The first kappa shape index (κ1) is 31.8. The number of esters is 1. The van der Waals surface area contributed by atoms with E-state index >= 15 is 0 Å². The Hall–Kier alpha value is -2.70. The number of likely N-dealkylation sites (N-methyl/N-ethyl adjacent to an activating group) is 1. The van der Waals surface area contributed by atoms with Crippen molar-refractivity contribution in [1.29, 1.82) is 0 Å².